The summed E-state index contributed by atoms with van der Waals surface area (Å²) >= 11 is 0. The van der Waals surface area contributed by atoms with Crippen LogP contribution < -0.4 is 0 Å². The van der Waals surface area contributed by atoms with Gasteiger partial charge in [-0.3, -0.25) is 0 Å². The van der Waals surface area contributed by atoms with E-state index in [4.69, 9.17) is 5.10 Å². The molecule has 1 unspecified atom stereocenters. The zero-order valence-corrected chi connectivity index (χ0v) is 19.6. The third-order valence-electron chi connectivity index (χ3n) is 5.87. The standard InChI is InChI=1S/C26H27N3O2S/c1-18-10-13-23(14-11-18)26-25(22-8-6-5-7-9-22)17-29(27-26)21(4)28-32(30,31)24-15-12-19(2)20(3)16-24/h5-16,25H,17H2,1-4H3. The summed E-state index contributed by atoms with van der Waals surface area (Å²) in [5.74, 6) is 0.375. The summed E-state index contributed by atoms with van der Waals surface area (Å²) in [4.78, 5) is 0.196. The molecule has 0 saturated carbocycles. The van der Waals surface area contributed by atoms with E-state index in [1.165, 1.54) is 5.56 Å². The number of benzene rings is 3. The Labute approximate surface area is 190 Å². The average molecular weight is 446 g/mol. The Morgan fingerprint density at radius 3 is 2.28 bits per heavy atom. The summed E-state index contributed by atoms with van der Waals surface area (Å²) in [6, 6.07) is 23.5. The maximum atomic E-state index is 12.9. The lowest BCUT2D eigenvalue weighted by Gasteiger charge is -2.16. The number of rotatable bonds is 4. The number of nitrogens with zero attached hydrogens (tertiary/aromatic N) is 3. The molecule has 6 heteroatoms. The van der Waals surface area contributed by atoms with Gasteiger partial charge in [0.05, 0.1) is 17.2 Å². The fourth-order valence-corrected chi connectivity index (χ4v) is 4.90. The van der Waals surface area contributed by atoms with Crippen LogP contribution in [0.1, 0.15) is 40.7 Å². The molecule has 0 saturated heterocycles. The smallest absolute Gasteiger partial charge is 0.250 e. The van der Waals surface area contributed by atoms with Crippen molar-refractivity contribution in [1.29, 1.82) is 0 Å². The highest BCUT2D eigenvalue weighted by Crippen LogP contribution is 2.29. The Kier molecular flexibility index (Phi) is 5.98. The average Bonchev–Trinajstić information content (AvgIpc) is 3.22. The van der Waals surface area contributed by atoms with Gasteiger partial charge >= 0.3 is 0 Å². The molecule has 0 bridgehead atoms. The highest BCUT2D eigenvalue weighted by molar-refractivity contribution is 7.90. The van der Waals surface area contributed by atoms with Crippen molar-refractivity contribution in [1.82, 2.24) is 5.01 Å². The topological polar surface area (TPSA) is 62.1 Å². The van der Waals surface area contributed by atoms with Gasteiger partial charge in [0.2, 0.25) is 0 Å². The number of sulfonamides is 1. The summed E-state index contributed by atoms with van der Waals surface area (Å²) in [6.45, 7) is 8.13. The molecule has 0 aromatic heterocycles. The molecule has 5 nitrogen and oxygen atoms in total. The zero-order chi connectivity index (χ0) is 22.9. The van der Waals surface area contributed by atoms with Crippen LogP contribution in [0.25, 0.3) is 0 Å². The molecule has 0 N–H and O–H groups in total. The Bertz CT molecular complexity index is 1290. The van der Waals surface area contributed by atoms with Gasteiger partial charge in [0.25, 0.3) is 10.0 Å². The summed E-state index contributed by atoms with van der Waals surface area (Å²) in [5, 5.41) is 6.51. The van der Waals surface area contributed by atoms with Gasteiger partial charge in [-0.05, 0) is 62.1 Å². The Balaban J connectivity index is 1.71. The van der Waals surface area contributed by atoms with E-state index in [0.717, 1.165) is 28.0 Å². The molecular formula is C26H27N3O2S. The minimum absolute atomic E-state index is 0.0216. The van der Waals surface area contributed by atoms with Gasteiger partial charge in [-0.15, -0.1) is 4.40 Å². The van der Waals surface area contributed by atoms with Gasteiger partial charge in [0.1, 0.15) is 5.84 Å². The van der Waals surface area contributed by atoms with Crippen LogP contribution in [0.2, 0.25) is 0 Å². The minimum atomic E-state index is -3.83. The summed E-state index contributed by atoms with van der Waals surface area (Å²) in [6.07, 6.45) is 0. The van der Waals surface area contributed by atoms with Crippen molar-refractivity contribution in [2.24, 2.45) is 9.50 Å². The lowest BCUT2D eigenvalue weighted by Crippen LogP contribution is -2.24. The van der Waals surface area contributed by atoms with Crippen molar-refractivity contribution in [3.05, 3.63) is 101 Å². The molecule has 0 aliphatic carbocycles. The van der Waals surface area contributed by atoms with Crippen LogP contribution in [0.5, 0.6) is 0 Å². The third kappa shape index (κ3) is 4.50. The predicted molar refractivity (Wildman–Crippen MR) is 130 cm³/mol. The van der Waals surface area contributed by atoms with Crippen molar-refractivity contribution in [2.45, 2.75) is 38.5 Å². The molecule has 1 aliphatic heterocycles. The second-order valence-corrected chi connectivity index (χ2v) is 9.86. The van der Waals surface area contributed by atoms with Gasteiger partial charge < -0.3 is 0 Å². The first-order valence-electron chi connectivity index (χ1n) is 10.6. The van der Waals surface area contributed by atoms with Gasteiger partial charge in [0, 0.05) is 5.92 Å². The Morgan fingerprint density at radius 2 is 1.62 bits per heavy atom. The SMILES string of the molecule is CC(=NS(=O)(=O)c1ccc(C)c(C)c1)N1CC(c2ccccc2)C(c2ccc(C)cc2)=N1. The lowest BCUT2D eigenvalue weighted by molar-refractivity contribution is 0.472. The molecular weight excluding hydrogens is 418 g/mol. The van der Waals surface area contributed by atoms with Crippen LogP contribution in [-0.2, 0) is 10.0 Å². The number of hydrogen-bond donors (Lipinski definition) is 0. The lowest BCUT2D eigenvalue weighted by atomic mass is 9.90. The van der Waals surface area contributed by atoms with Gasteiger partial charge in [-0.1, -0.05) is 66.2 Å². The molecule has 164 valence electrons. The second-order valence-electron chi connectivity index (χ2n) is 8.26. The van der Waals surface area contributed by atoms with Crippen molar-refractivity contribution >= 4 is 21.6 Å². The Hall–Kier alpha value is -3.25. The largest absolute Gasteiger partial charge is 0.283 e. The highest BCUT2D eigenvalue weighted by atomic mass is 32.2. The predicted octanol–water partition coefficient (Wildman–Crippen LogP) is 5.22. The Morgan fingerprint density at radius 1 is 0.938 bits per heavy atom. The van der Waals surface area contributed by atoms with E-state index in [9.17, 15) is 8.42 Å². The monoisotopic (exact) mass is 445 g/mol. The van der Waals surface area contributed by atoms with Gasteiger partial charge in [-0.25, -0.2) is 5.01 Å². The molecule has 32 heavy (non-hydrogen) atoms. The molecule has 4 rings (SSSR count). The van der Waals surface area contributed by atoms with E-state index in [-0.39, 0.29) is 10.8 Å². The zero-order valence-electron chi connectivity index (χ0n) is 18.8. The quantitative estimate of drug-likeness (QED) is 0.408. The van der Waals surface area contributed by atoms with Crippen LogP contribution >= 0.6 is 0 Å². The van der Waals surface area contributed by atoms with Crippen LogP contribution in [0, 0.1) is 20.8 Å². The number of amidine groups is 1. The van der Waals surface area contributed by atoms with Crippen LogP contribution in [0.3, 0.4) is 0 Å². The number of hydrazone groups is 1. The third-order valence-corrected chi connectivity index (χ3v) is 7.22. The van der Waals surface area contributed by atoms with Crippen LogP contribution in [0.4, 0.5) is 0 Å². The first-order valence-corrected chi connectivity index (χ1v) is 12.1. The molecule has 0 amide bonds. The summed E-state index contributed by atoms with van der Waals surface area (Å²) in [5.41, 5.74) is 6.22. The number of aryl methyl sites for hydroxylation is 3. The fourth-order valence-electron chi connectivity index (χ4n) is 3.78. The first-order chi connectivity index (χ1) is 15.2. The van der Waals surface area contributed by atoms with Crippen molar-refractivity contribution in [3.63, 3.8) is 0 Å². The van der Waals surface area contributed by atoms with E-state index < -0.39 is 10.0 Å². The molecule has 1 aliphatic rings. The molecule has 3 aromatic rings. The van der Waals surface area contributed by atoms with Gasteiger partial charge in [-0.2, -0.15) is 13.5 Å². The van der Waals surface area contributed by atoms with Crippen LogP contribution in [-0.4, -0.2) is 31.5 Å². The second kappa shape index (κ2) is 8.71. The molecule has 0 spiro atoms. The summed E-state index contributed by atoms with van der Waals surface area (Å²) < 4.78 is 30.0. The van der Waals surface area contributed by atoms with Crippen molar-refractivity contribution < 1.29 is 8.42 Å². The van der Waals surface area contributed by atoms with Crippen molar-refractivity contribution in [2.75, 3.05) is 6.54 Å². The maximum absolute atomic E-state index is 12.9. The van der Waals surface area contributed by atoms with E-state index in [2.05, 4.69) is 47.7 Å². The normalized spacial score (nSPS) is 16.9. The van der Waals surface area contributed by atoms with Gasteiger partial charge in [0.15, 0.2) is 0 Å². The molecule has 1 atom stereocenters. The maximum Gasteiger partial charge on any atom is 0.283 e. The van der Waals surface area contributed by atoms with E-state index in [1.807, 2.05) is 38.1 Å². The molecule has 0 fully saturated rings. The van der Waals surface area contributed by atoms with E-state index >= 15 is 0 Å². The highest BCUT2D eigenvalue weighted by Gasteiger charge is 2.31. The molecule has 0 radical (unpaired) electrons. The number of hydrogen-bond acceptors (Lipinski definition) is 3. The first kappa shape index (κ1) is 22.0. The van der Waals surface area contributed by atoms with E-state index in [1.54, 1.807) is 24.1 Å². The fraction of sp³-hybridized carbons (Fsp3) is 0.231. The van der Waals surface area contributed by atoms with Crippen molar-refractivity contribution in [3.8, 4) is 0 Å². The molecule has 3 aromatic carbocycles. The summed E-state index contributed by atoms with van der Waals surface area (Å²) in [7, 11) is -3.83. The van der Waals surface area contributed by atoms with E-state index in [0.29, 0.717) is 12.4 Å². The molecule has 1 heterocycles. The minimum Gasteiger partial charge on any atom is -0.250 e. The van der Waals surface area contributed by atoms with Crippen LogP contribution in [0.15, 0.2) is 87.2 Å².